The summed E-state index contributed by atoms with van der Waals surface area (Å²) >= 11 is 0. The summed E-state index contributed by atoms with van der Waals surface area (Å²) < 4.78 is 55.6. The lowest BCUT2D eigenvalue weighted by Gasteiger charge is -2.15. The highest BCUT2D eigenvalue weighted by molar-refractivity contribution is 7.89. The third-order valence-corrected chi connectivity index (χ3v) is 5.08. The molecule has 1 aromatic carbocycles. The van der Waals surface area contributed by atoms with Gasteiger partial charge in [-0.1, -0.05) is 0 Å². The van der Waals surface area contributed by atoms with E-state index in [0.29, 0.717) is 0 Å². The lowest BCUT2D eigenvalue weighted by atomic mass is 10.2. The van der Waals surface area contributed by atoms with Gasteiger partial charge >= 0.3 is 5.97 Å². The Morgan fingerprint density at radius 1 is 1.48 bits per heavy atom. The van der Waals surface area contributed by atoms with E-state index in [-0.39, 0.29) is 11.3 Å². The van der Waals surface area contributed by atoms with Crippen molar-refractivity contribution in [3.63, 3.8) is 0 Å². The van der Waals surface area contributed by atoms with Crippen LogP contribution in [0, 0.1) is 5.82 Å². The molecule has 0 bridgehead atoms. The number of benzene rings is 1. The number of carbonyl (C=O) groups excluding carboxylic acids is 1. The molecule has 0 fully saturated rings. The maximum Gasteiger partial charge on any atom is 0.339 e. The van der Waals surface area contributed by atoms with Gasteiger partial charge in [0.15, 0.2) is 0 Å². The van der Waals surface area contributed by atoms with Crippen molar-refractivity contribution in [2.24, 2.45) is 0 Å². The minimum Gasteiger partial charge on any atom is -0.465 e. The van der Waals surface area contributed by atoms with Crippen LogP contribution in [0.2, 0.25) is 0 Å². The number of nitrogens with one attached hydrogen (secondary N) is 1. The lowest BCUT2D eigenvalue weighted by molar-refractivity contribution is 0.0596. The first-order valence-corrected chi connectivity index (χ1v) is 9.08. The van der Waals surface area contributed by atoms with Crippen molar-refractivity contribution in [2.45, 2.75) is 17.9 Å². The molecule has 1 N–H and O–H groups in total. The zero-order valence-corrected chi connectivity index (χ0v) is 13.4. The average molecular weight is 337 g/mol. The smallest absolute Gasteiger partial charge is 0.339 e. The van der Waals surface area contributed by atoms with E-state index in [9.17, 15) is 21.8 Å². The monoisotopic (exact) mass is 337 g/mol. The molecule has 1 rings (SSSR count). The Morgan fingerprint density at radius 3 is 2.62 bits per heavy atom. The quantitative estimate of drug-likeness (QED) is 0.770. The second kappa shape index (κ2) is 7.10. The molecule has 0 aliphatic carbocycles. The largest absolute Gasteiger partial charge is 0.465 e. The predicted molar refractivity (Wildman–Crippen MR) is 76.5 cm³/mol. The van der Waals surface area contributed by atoms with Gasteiger partial charge in [-0.15, -0.1) is 0 Å². The van der Waals surface area contributed by atoms with Crippen LogP contribution in [0.4, 0.5) is 4.39 Å². The van der Waals surface area contributed by atoms with E-state index >= 15 is 0 Å². The van der Waals surface area contributed by atoms with Crippen LogP contribution in [0.15, 0.2) is 23.1 Å². The molecule has 6 nitrogen and oxygen atoms in total. The maximum atomic E-state index is 13.3. The van der Waals surface area contributed by atoms with Gasteiger partial charge in [0.05, 0.1) is 17.6 Å². The third kappa shape index (κ3) is 4.87. The summed E-state index contributed by atoms with van der Waals surface area (Å²) in [5.74, 6) is -1.58. The highest BCUT2D eigenvalue weighted by Gasteiger charge is 2.25. The van der Waals surface area contributed by atoms with Gasteiger partial charge in [0.2, 0.25) is 10.0 Å². The van der Waals surface area contributed by atoms with E-state index < -0.39 is 43.5 Å². The SMILES string of the molecule is COC(=O)c1ccc(F)cc1S(=O)(=O)NC(C)CS(C)=O. The van der Waals surface area contributed by atoms with Crippen molar-refractivity contribution in [1.82, 2.24) is 4.72 Å². The molecule has 0 aliphatic rings. The first-order chi connectivity index (χ1) is 9.67. The predicted octanol–water partition coefficient (Wildman–Crippen LogP) is 0.658. The van der Waals surface area contributed by atoms with Crippen LogP contribution in [0.5, 0.6) is 0 Å². The molecule has 0 saturated heterocycles. The molecule has 21 heavy (non-hydrogen) atoms. The molecule has 0 aliphatic heterocycles. The molecule has 0 saturated carbocycles. The summed E-state index contributed by atoms with van der Waals surface area (Å²) in [4.78, 5) is 11.1. The van der Waals surface area contributed by atoms with E-state index in [4.69, 9.17) is 0 Å². The second-order valence-electron chi connectivity index (χ2n) is 4.39. The first kappa shape index (κ1) is 17.7. The number of carbonyl (C=O) groups is 1. The van der Waals surface area contributed by atoms with Crippen molar-refractivity contribution in [2.75, 3.05) is 19.1 Å². The highest BCUT2D eigenvalue weighted by Crippen LogP contribution is 2.18. The van der Waals surface area contributed by atoms with Crippen LogP contribution in [0.3, 0.4) is 0 Å². The Hall–Kier alpha value is -1.32. The number of sulfonamides is 1. The van der Waals surface area contributed by atoms with E-state index in [1.165, 1.54) is 13.2 Å². The Bertz CT molecular complexity index is 660. The van der Waals surface area contributed by atoms with E-state index in [0.717, 1.165) is 25.3 Å². The number of hydrogen-bond donors (Lipinski definition) is 1. The molecular formula is C12H16FNO5S2. The molecule has 0 heterocycles. The van der Waals surface area contributed by atoms with Gasteiger partial charge in [-0.2, -0.15) is 0 Å². The molecule has 0 amide bonds. The summed E-state index contributed by atoms with van der Waals surface area (Å²) in [6, 6.07) is 2.12. The van der Waals surface area contributed by atoms with Gasteiger partial charge in [-0.3, -0.25) is 4.21 Å². The molecule has 0 radical (unpaired) electrons. The van der Waals surface area contributed by atoms with E-state index in [1.54, 1.807) is 0 Å². The van der Waals surface area contributed by atoms with Crippen LogP contribution in [-0.2, 0) is 25.6 Å². The number of hydrogen-bond acceptors (Lipinski definition) is 5. The number of halogens is 1. The first-order valence-electron chi connectivity index (χ1n) is 5.87. The van der Waals surface area contributed by atoms with Gasteiger partial charge in [0.25, 0.3) is 0 Å². The summed E-state index contributed by atoms with van der Waals surface area (Å²) in [5.41, 5.74) is -0.267. The molecule has 9 heteroatoms. The van der Waals surface area contributed by atoms with Gasteiger partial charge in [-0.25, -0.2) is 22.3 Å². The number of methoxy groups -OCH3 is 1. The van der Waals surface area contributed by atoms with Gasteiger partial charge in [0, 0.05) is 28.9 Å². The van der Waals surface area contributed by atoms with Crippen molar-refractivity contribution < 1.29 is 26.5 Å². The van der Waals surface area contributed by atoms with Crippen molar-refractivity contribution in [3.05, 3.63) is 29.6 Å². The molecule has 0 spiro atoms. The molecule has 2 atom stereocenters. The number of rotatable bonds is 6. The molecule has 118 valence electrons. The van der Waals surface area contributed by atoms with Crippen molar-refractivity contribution in [1.29, 1.82) is 0 Å². The van der Waals surface area contributed by atoms with Crippen LogP contribution < -0.4 is 4.72 Å². The topological polar surface area (TPSA) is 89.5 Å². The standard InChI is InChI=1S/C12H16FNO5S2/c1-8(7-20(3)16)14-21(17,18)11-6-9(13)4-5-10(11)12(15)19-2/h4-6,8,14H,7H2,1-3H3. The van der Waals surface area contributed by atoms with Gasteiger partial charge in [-0.05, 0) is 25.1 Å². The summed E-state index contributed by atoms with van der Waals surface area (Å²) in [6.07, 6.45) is 1.44. The van der Waals surface area contributed by atoms with Crippen molar-refractivity contribution in [3.8, 4) is 0 Å². The third-order valence-electron chi connectivity index (χ3n) is 2.48. The van der Waals surface area contributed by atoms with Crippen LogP contribution in [-0.4, -0.2) is 43.8 Å². The number of esters is 1. The maximum absolute atomic E-state index is 13.3. The van der Waals surface area contributed by atoms with Gasteiger partial charge < -0.3 is 4.74 Å². The van der Waals surface area contributed by atoms with E-state index in [2.05, 4.69) is 9.46 Å². The molecular weight excluding hydrogens is 321 g/mol. The van der Waals surface area contributed by atoms with Crippen LogP contribution >= 0.6 is 0 Å². The summed E-state index contributed by atoms with van der Waals surface area (Å²) in [5, 5.41) is 0. The van der Waals surface area contributed by atoms with Crippen LogP contribution in [0.1, 0.15) is 17.3 Å². The Kier molecular flexibility index (Phi) is 5.99. The Morgan fingerprint density at radius 2 is 2.10 bits per heavy atom. The highest BCUT2D eigenvalue weighted by atomic mass is 32.2. The zero-order chi connectivity index (χ0) is 16.2. The second-order valence-corrected chi connectivity index (χ2v) is 7.56. The summed E-state index contributed by atoms with van der Waals surface area (Å²) in [6.45, 7) is 1.52. The molecule has 1 aromatic rings. The van der Waals surface area contributed by atoms with Crippen LogP contribution in [0.25, 0.3) is 0 Å². The average Bonchev–Trinajstić information content (AvgIpc) is 2.36. The lowest BCUT2D eigenvalue weighted by Crippen LogP contribution is -2.37. The normalized spacial score (nSPS) is 14.5. The molecule has 0 aromatic heterocycles. The minimum absolute atomic E-state index is 0.0993. The molecule has 2 unspecified atom stereocenters. The van der Waals surface area contributed by atoms with E-state index in [1.807, 2.05) is 0 Å². The fourth-order valence-electron chi connectivity index (χ4n) is 1.71. The fourth-order valence-corrected chi connectivity index (χ4v) is 4.05. The Balaban J connectivity index is 3.21. The van der Waals surface area contributed by atoms with Gasteiger partial charge in [0.1, 0.15) is 5.82 Å². The zero-order valence-electron chi connectivity index (χ0n) is 11.8. The number of ether oxygens (including phenoxy) is 1. The Labute approximate surface area is 125 Å². The van der Waals surface area contributed by atoms with Crippen molar-refractivity contribution >= 4 is 26.8 Å². The summed E-state index contributed by atoms with van der Waals surface area (Å²) in [7, 11) is -4.24. The minimum atomic E-state index is -4.14. The fraction of sp³-hybridized carbons (Fsp3) is 0.417.